The molecule has 21 heavy (non-hydrogen) atoms. The Morgan fingerprint density at radius 1 is 1.33 bits per heavy atom. The van der Waals surface area contributed by atoms with Crippen molar-refractivity contribution in [2.45, 2.75) is 26.1 Å². The number of amides is 1. The second-order valence-electron chi connectivity index (χ2n) is 5.05. The van der Waals surface area contributed by atoms with E-state index in [1.54, 1.807) is 12.1 Å². The Kier molecular flexibility index (Phi) is 5.43. The van der Waals surface area contributed by atoms with Crippen LogP contribution < -0.4 is 5.32 Å². The average Bonchev–Trinajstić information content (AvgIpc) is 2.37. The van der Waals surface area contributed by atoms with E-state index in [0.717, 1.165) is 0 Å². The molecule has 0 radical (unpaired) electrons. The first-order valence-electron chi connectivity index (χ1n) is 6.57. The van der Waals surface area contributed by atoms with E-state index >= 15 is 0 Å². The lowest BCUT2D eigenvalue weighted by Gasteiger charge is -2.36. The third-order valence-electron chi connectivity index (χ3n) is 3.10. The predicted octanol–water partition coefficient (Wildman–Crippen LogP) is 3.12. The molecule has 0 saturated carbocycles. The maximum atomic E-state index is 12.2. The van der Waals surface area contributed by atoms with Gasteiger partial charge in [-0.1, -0.05) is 23.2 Å². The van der Waals surface area contributed by atoms with Crippen molar-refractivity contribution < 1.29 is 9.53 Å². The molecule has 2 rings (SSSR count). The van der Waals surface area contributed by atoms with Gasteiger partial charge in [-0.25, -0.2) is 0 Å². The molecule has 4 nitrogen and oxygen atoms in total. The fourth-order valence-electron chi connectivity index (χ4n) is 2.26. The minimum Gasteiger partial charge on any atom is -0.372 e. The van der Waals surface area contributed by atoms with Crippen LogP contribution in [0.1, 0.15) is 24.2 Å². The van der Waals surface area contributed by atoms with Gasteiger partial charge in [-0.15, -0.1) is 0 Å². The first kappa shape index (κ1) is 16.5. The number of benzene rings is 1. The normalized spacial score (nSPS) is 22.0. The lowest BCUT2D eigenvalue weighted by Crippen LogP contribution is -2.52. The molecule has 1 aliphatic heterocycles. The largest absolute Gasteiger partial charge is 0.372 e. The van der Waals surface area contributed by atoms with Crippen LogP contribution in [-0.4, -0.2) is 41.2 Å². The van der Waals surface area contributed by atoms with Crippen molar-refractivity contribution in [1.29, 1.82) is 0 Å². The standard InChI is InChI=1S/C14H16Cl2N2O2S/c1-8-6-18(7-9(2)20-8)14(21)17-13(19)11-4-3-10(15)5-12(11)16/h3-5,8-9H,6-7H2,1-2H3,(H,17,19,21)/t8-,9-/m0/s1. The minimum atomic E-state index is -0.339. The summed E-state index contributed by atoms with van der Waals surface area (Å²) in [6, 6.07) is 4.72. The number of morpholine rings is 1. The van der Waals surface area contributed by atoms with Gasteiger partial charge in [0, 0.05) is 18.1 Å². The van der Waals surface area contributed by atoms with Crippen LogP contribution >= 0.6 is 35.4 Å². The maximum absolute atomic E-state index is 12.2. The zero-order valence-corrected chi connectivity index (χ0v) is 14.1. The Labute approximate surface area is 139 Å². The lowest BCUT2D eigenvalue weighted by molar-refractivity contribution is -0.0481. The van der Waals surface area contributed by atoms with Gasteiger partial charge >= 0.3 is 0 Å². The number of rotatable bonds is 1. The number of hydrogen-bond donors (Lipinski definition) is 1. The second kappa shape index (κ2) is 6.92. The number of hydrogen-bond acceptors (Lipinski definition) is 3. The molecule has 0 aliphatic carbocycles. The molecule has 2 atom stereocenters. The number of thiocarbonyl (C=S) groups is 1. The Morgan fingerprint density at radius 2 is 1.95 bits per heavy atom. The van der Waals surface area contributed by atoms with Crippen molar-refractivity contribution in [1.82, 2.24) is 10.2 Å². The summed E-state index contributed by atoms with van der Waals surface area (Å²) in [5, 5.41) is 3.86. The Bertz CT molecular complexity index is 558. The van der Waals surface area contributed by atoms with Crippen LogP contribution in [0, 0.1) is 0 Å². The van der Waals surface area contributed by atoms with Crippen molar-refractivity contribution in [3.8, 4) is 0 Å². The highest BCUT2D eigenvalue weighted by molar-refractivity contribution is 7.80. The van der Waals surface area contributed by atoms with Crippen molar-refractivity contribution in [3.05, 3.63) is 33.8 Å². The number of halogens is 2. The van der Waals surface area contributed by atoms with Gasteiger partial charge in [0.15, 0.2) is 5.11 Å². The molecule has 1 fully saturated rings. The molecule has 1 aromatic rings. The number of carbonyl (C=O) groups excluding carboxylic acids is 1. The number of nitrogens with zero attached hydrogens (tertiary/aromatic N) is 1. The first-order valence-corrected chi connectivity index (χ1v) is 7.74. The van der Waals surface area contributed by atoms with E-state index < -0.39 is 0 Å². The van der Waals surface area contributed by atoms with Gasteiger partial charge in [-0.05, 0) is 44.3 Å². The van der Waals surface area contributed by atoms with E-state index in [-0.39, 0.29) is 18.1 Å². The maximum Gasteiger partial charge on any atom is 0.258 e. The molecule has 1 amide bonds. The van der Waals surface area contributed by atoms with Crippen LogP contribution in [0.4, 0.5) is 0 Å². The van der Waals surface area contributed by atoms with E-state index in [1.807, 2.05) is 18.7 Å². The fraction of sp³-hybridized carbons (Fsp3) is 0.429. The van der Waals surface area contributed by atoms with E-state index in [1.165, 1.54) is 6.07 Å². The van der Waals surface area contributed by atoms with Crippen molar-refractivity contribution in [3.63, 3.8) is 0 Å². The van der Waals surface area contributed by atoms with Crippen molar-refractivity contribution in [2.75, 3.05) is 13.1 Å². The smallest absolute Gasteiger partial charge is 0.258 e. The molecule has 1 saturated heterocycles. The topological polar surface area (TPSA) is 41.6 Å². The summed E-state index contributed by atoms with van der Waals surface area (Å²) in [6.07, 6.45) is 0.144. The van der Waals surface area contributed by atoms with Gasteiger partial charge in [0.1, 0.15) is 0 Å². The molecule has 0 aromatic heterocycles. The third-order valence-corrected chi connectivity index (χ3v) is 4.01. The summed E-state index contributed by atoms with van der Waals surface area (Å²) in [5.41, 5.74) is 0.345. The summed E-state index contributed by atoms with van der Waals surface area (Å²) in [6.45, 7) is 5.25. The summed E-state index contributed by atoms with van der Waals surface area (Å²) in [4.78, 5) is 14.1. The molecule has 0 bridgehead atoms. The summed E-state index contributed by atoms with van der Waals surface area (Å²) in [7, 11) is 0. The summed E-state index contributed by atoms with van der Waals surface area (Å²) in [5.74, 6) is -0.339. The average molecular weight is 347 g/mol. The molecule has 114 valence electrons. The zero-order chi connectivity index (χ0) is 15.6. The second-order valence-corrected chi connectivity index (χ2v) is 6.28. The van der Waals surface area contributed by atoms with E-state index in [0.29, 0.717) is 33.8 Å². The van der Waals surface area contributed by atoms with E-state index in [9.17, 15) is 4.79 Å². The van der Waals surface area contributed by atoms with Crippen LogP contribution in [0.3, 0.4) is 0 Å². The van der Waals surface area contributed by atoms with Gasteiger partial charge in [0.25, 0.3) is 5.91 Å². The van der Waals surface area contributed by atoms with Gasteiger partial charge in [-0.3, -0.25) is 10.1 Å². The first-order chi connectivity index (χ1) is 9.86. The number of nitrogens with one attached hydrogen (secondary N) is 1. The fourth-order valence-corrected chi connectivity index (χ4v) is 3.00. The highest BCUT2D eigenvalue weighted by atomic mass is 35.5. The SMILES string of the molecule is C[C@H]1CN(C(=S)NC(=O)c2ccc(Cl)cc2Cl)C[C@H](C)O1. The third kappa shape index (κ3) is 4.30. The van der Waals surface area contributed by atoms with E-state index in [4.69, 9.17) is 40.2 Å². The van der Waals surface area contributed by atoms with Crippen LogP contribution in [-0.2, 0) is 4.74 Å². The Balaban J connectivity index is 2.03. The molecular weight excluding hydrogens is 331 g/mol. The van der Waals surface area contributed by atoms with Crippen LogP contribution in [0.25, 0.3) is 0 Å². The van der Waals surface area contributed by atoms with Gasteiger partial charge < -0.3 is 9.64 Å². The molecular formula is C14H16Cl2N2O2S. The highest BCUT2D eigenvalue weighted by Gasteiger charge is 2.25. The van der Waals surface area contributed by atoms with Crippen LogP contribution in [0.15, 0.2) is 18.2 Å². The quantitative estimate of drug-likeness (QED) is 0.793. The predicted molar refractivity (Wildman–Crippen MR) is 88.1 cm³/mol. The summed E-state index contributed by atoms with van der Waals surface area (Å²) >= 11 is 17.1. The van der Waals surface area contributed by atoms with Gasteiger partial charge in [0.05, 0.1) is 22.8 Å². The summed E-state index contributed by atoms with van der Waals surface area (Å²) < 4.78 is 5.64. The monoisotopic (exact) mass is 346 g/mol. The van der Waals surface area contributed by atoms with Crippen molar-refractivity contribution in [2.24, 2.45) is 0 Å². The molecule has 1 aromatic carbocycles. The molecule has 1 N–H and O–H groups in total. The van der Waals surface area contributed by atoms with Crippen LogP contribution in [0.2, 0.25) is 10.0 Å². The zero-order valence-electron chi connectivity index (χ0n) is 11.7. The molecule has 0 spiro atoms. The molecule has 1 aliphatic rings. The Hall–Kier alpha value is -0.880. The molecule has 1 heterocycles. The number of carbonyl (C=O) groups is 1. The van der Waals surface area contributed by atoms with Gasteiger partial charge in [-0.2, -0.15) is 0 Å². The molecule has 7 heteroatoms. The highest BCUT2D eigenvalue weighted by Crippen LogP contribution is 2.21. The Morgan fingerprint density at radius 3 is 2.52 bits per heavy atom. The van der Waals surface area contributed by atoms with E-state index in [2.05, 4.69) is 5.32 Å². The molecule has 0 unspecified atom stereocenters. The van der Waals surface area contributed by atoms with Crippen molar-refractivity contribution >= 4 is 46.4 Å². The van der Waals surface area contributed by atoms with Gasteiger partial charge in [0.2, 0.25) is 0 Å². The lowest BCUT2D eigenvalue weighted by atomic mass is 10.2. The minimum absolute atomic E-state index is 0.0720. The number of ether oxygens (including phenoxy) is 1. The van der Waals surface area contributed by atoms with Crippen LogP contribution in [0.5, 0.6) is 0 Å².